The average Bonchev–Trinajstić information content (AvgIpc) is 2.93. The molecule has 24 heavy (non-hydrogen) atoms. The lowest BCUT2D eigenvalue weighted by molar-refractivity contribution is -0.139. The minimum Gasteiger partial charge on any atom is -0.325 e. The van der Waals surface area contributed by atoms with Crippen LogP contribution >= 0.6 is 0 Å². The molecule has 0 bridgehead atoms. The number of hydrogen-bond acceptors (Lipinski definition) is 5. The van der Waals surface area contributed by atoms with Crippen molar-refractivity contribution in [2.45, 2.75) is 18.8 Å². The first kappa shape index (κ1) is 15.2. The van der Waals surface area contributed by atoms with Gasteiger partial charge in [-0.3, -0.25) is 4.90 Å². The molecule has 1 fully saturated rings. The number of nitrogens with zero attached hydrogens (tertiary/aromatic N) is 5. The van der Waals surface area contributed by atoms with Crippen LogP contribution < -0.4 is 5.73 Å². The highest BCUT2D eigenvalue weighted by atomic mass is 19.4. The van der Waals surface area contributed by atoms with Crippen molar-refractivity contribution >= 4 is 16.6 Å². The number of rotatable bonds is 2. The van der Waals surface area contributed by atoms with Crippen molar-refractivity contribution in [3.05, 3.63) is 35.7 Å². The van der Waals surface area contributed by atoms with E-state index < -0.39 is 17.6 Å². The summed E-state index contributed by atoms with van der Waals surface area (Å²) < 4.78 is 54.5. The Morgan fingerprint density at radius 2 is 2.00 bits per heavy atom. The van der Waals surface area contributed by atoms with Gasteiger partial charge in [0.1, 0.15) is 18.0 Å². The zero-order chi connectivity index (χ0) is 17.1. The lowest BCUT2D eigenvalue weighted by Gasteiger charge is -2.36. The summed E-state index contributed by atoms with van der Waals surface area (Å²) in [5, 5.41) is 3.68. The fourth-order valence-corrected chi connectivity index (χ4v) is 2.92. The molecule has 1 aliphatic rings. The van der Waals surface area contributed by atoms with Crippen molar-refractivity contribution in [2.24, 2.45) is 5.73 Å². The van der Waals surface area contributed by atoms with E-state index in [2.05, 4.69) is 15.1 Å². The quantitative estimate of drug-likeness (QED) is 0.717. The van der Waals surface area contributed by atoms with Crippen LogP contribution in [0.25, 0.3) is 16.6 Å². The molecule has 0 atom stereocenters. The first-order chi connectivity index (χ1) is 11.3. The Hall–Kier alpha value is -2.33. The predicted octanol–water partition coefficient (Wildman–Crippen LogP) is 1.58. The summed E-state index contributed by atoms with van der Waals surface area (Å²) in [6.45, 7) is 1.79. The molecule has 6 nitrogen and oxygen atoms in total. The van der Waals surface area contributed by atoms with E-state index in [-0.39, 0.29) is 22.6 Å². The number of alkyl halides is 3. The summed E-state index contributed by atoms with van der Waals surface area (Å²) in [6, 6.07) is 1.95. The molecule has 1 aromatic carbocycles. The molecule has 0 spiro atoms. The highest BCUT2D eigenvalue weighted by molar-refractivity contribution is 5.92. The normalized spacial score (nSPS) is 16.9. The minimum absolute atomic E-state index is 0.0171. The van der Waals surface area contributed by atoms with E-state index in [9.17, 15) is 17.6 Å². The topological polar surface area (TPSA) is 72.3 Å². The molecule has 126 valence electrons. The van der Waals surface area contributed by atoms with Gasteiger partial charge in [-0.1, -0.05) is 0 Å². The molecule has 3 aromatic rings. The second-order valence-electron chi connectivity index (χ2n) is 5.80. The Bertz CT molecular complexity index is 928. The molecule has 4 rings (SSSR count). The van der Waals surface area contributed by atoms with Gasteiger partial charge in [-0.15, -0.1) is 0 Å². The van der Waals surface area contributed by atoms with Crippen molar-refractivity contribution in [1.82, 2.24) is 24.5 Å². The van der Waals surface area contributed by atoms with Gasteiger partial charge in [0, 0.05) is 19.1 Å². The van der Waals surface area contributed by atoms with E-state index in [1.165, 1.54) is 10.8 Å². The van der Waals surface area contributed by atoms with Gasteiger partial charge in [0.2, 0.25) is 0 Å². The zero-order valence-electron chi connectivity index (χ0n) is 12.3. The number of benzene rings is 1. The van der Waals surface area contributed by atoms with Crippen molar-refractivity contribution < 1.29 is 17.6 Å². The fourth-order valence-electron chi connectivity index (χ4n) is 2.92. The Labute approximate surface area is 132 Å². The molecule has 10 heteroatoms. The van der Waals surface area contributed by atoms with E-state index >= 15 is 0 Å². The monoisotopic (exact) mass is 340 g/mol. The van der Waals surface area contributed by atoms with Crippen LogP contribution in [-0.2, 0) is 12.7 Å². The molecular weight excluding hydrogens is 328 g/mol. The van der Waals surface area contributed by atoms with Crippen LogP contribution in [0.15, 0.2) is 18.5 Å². The zero-order valence-corrected chi connectivity index (χ0v) is 12.3. The molecule has 2 N–H and O–H groups in total. The standard InChI is InChI=1S/C14H12F4N6/c15-12-8(14(16,17)18)1-2-9-11(12)13-20-6-21-24(13)10(22-9)5-23-3-7(19)4-23/h1-2,6-7H,3-5,19H2. The molecular formula is C14H12F4N6. The van der Waals surface area contributed by atoms with Gasteiger partial charge < -0.3 is 5.73 Å². The maximum Gasteiger partial charge on any atom is 0.419 e. The summed E-state index contributed by atoms with van der Waals surface area (Å²) in [6.07, 6.45) is -3.62. The maximum absolute atomic E-state index is 14.4. The highest BCUT2D eigenvalue weighted by Crippen LogP contribution is 2.35. The van der Waals surface area contributed by atoms with Crippen molar-refractivity contribution in [3.63, 3.8) is 0 Å². The van der Waals surface area contributed by atoms with Gasteiger partial charge in [0.15, 0.2) is 5.65 Å². The number of likely N-dealkylation sites (tertiary alicyclic amines) is 1. The van der Waals surface area contributed by atoms with E-state index in [4.69, 9.17) is 5.73 Å². The molecule has 0 radical (unpaired) electrons. The van der Waals surface area contributed by atoms with Gasteiger partial charge in [-0.2, -0.15) is 22.8 Å². The van der Waals surface area contributed by atoms with Crippen LogP contribution in [0.5, 0.6) is 0 Å². The van der Waals surface area contributed by atoms with Crippen molar-refractivity contribution in [3.8, 4) is 0 Å². The minimum atomic E-state index is -4.79. The Balaban J connectivity index is 1.90. The van der Waals surface area contributed by atoms with Gasteiger partial charge in [0.05, 0.1) is 23.0 Å². The van der Waals surface area contributed by atoms with Crippen molar-refractivity contribution in [1.29, 1.82) is 0 Å². The van der Waals surface area contributed by atoms with Crippen LogP contribution in [0.4, 0.5) is 17.6 Å². The second-order valence-corrected chi connectivity index (χ2v) is 5.80. The molecule has 2 aromatic heterocycles. The third-order valence-corrected chi connectivity index (χ3v) is 4.04. The van der Waals surface area contributed by atoms with Gasteiger partial charge in [-0.25, -0.2) is 14.4 Å². The first-order valence-corrected chi connectivity index (χ1v) is 7.20. The molecule has 0 unspecified atom stereocenters. The number of fused-ring (bicyclic) bond motifs is 3. The van der Waals surface area contributed by atoms with Crippen LogP contribution in [-0.4, -0.2) is 43.6 Å². The lowest BCUT2D eigenvalue weighted by atomic mass is 10.1. The molecule has 1 saturated heterocycles. The largest absolute Gasteiger partial charge is 0.419 e. The van der Waals surface area contributed by atoms with Crippen LogP contribution in [0, 0.1) is 5.82 Å². The highest BCUT2D eigenvalue weighted by Gasteiger charge is 2.35. The van der Waals surface area contributed by atoms with E-state index in [0.717, 1.165) is 6.07 Å². The maximum atomic E-state index is 14.4. The summed E-state index contributed by atoms with van der Waals surface area (Å²) in [5.41, 5.74) is 4.51. The van der Waals surface area contributed by atoms with Crippen LogP contribution in [0.2, 0.25) is 0 Å². The fraction of sp³-hybridized carbons (Fsp3) is 0.357. The summed E-state index contributed by atoms with van der Waals surface area (Å²) in [7, 11) is 0. The smallest absolute Gasteiger partial charge is 0.325 e. The summed E-state index contributed by atoms with van der Waals surface area (Å²) in [4.78, 5) is 10.2. The van der Waals surface area contributed by atoms with Gasteiger partial charge in [-0.05, 0) is 12.1 Å². The summed E-state index contributed by atoms with van der Waals surface area (Å²) >= 11 is 0. The third-order valence-electron chi connectivity index (χ3n) is 4.04. The predicted molar refractivity (Wildman–Crippen MR) is 76.5 cm³/mol. The molecule has 0 saturated carbocycles. The number of aromatic nitrogens is 4. The number of halogens is 4. The van der Waals surface area contributed by atoms with E-state index in [1.54, 1.807) is 0 Å². The Kier molecular flexibility index (Phi) is 3.22. The summed E-state index contributed by atoms with van der Waals surface area (Å²) in [5.74, 6) is -0.913. The first-order valence-electron chi connectivity index (χ1n) is 7.20. The third kappa shape index (κ3) is 2.29. The Morgan fingerprint density at radius 1 is 1.25 bits per heavy atom. The van der Waals surface area contributed by atoms with E-state index in [0.29, 0.717) is 31.5 Å². The second kappa shape index (κ2) is 5.08. The SMILES string of the molecule is NC1CN(Cc2nc3ccc(C(F)(F)F)c(F)c3c3ncnn23)C1. The molecule has 3 heterocycles. The molecule has 0 aliphatic carbocycles. The van der Waals surface area contributed by atoms with Crippen molar-refractivity contribution in [2.75, 3.05) is 13.1 Å². The van der Waals surface area contributed by atoms with E-state index in [1.807, 2.05) is 4.90 Å². The molecule has 1 aliphatic heterocycles. The lowest BCUT2D eigenvalue weighted by Crippen LogP contribution is -2.55. The van der Waals surface area contributed by atoms with Crippen LogP contribution in [0.3, 0.4) is 0 Å². The average molecular weight is 340 g/mol. The number of hydrogen-bond donors (Lipinski definition) is 1. The molecule has 0 amide bonds. The number of nitrogens with two attached hydrogens (primary N) is 1. The van der Waals surface area contributed by atoms with Gasteiger partial charge in [0.25, 0.3) is 0 Å². The van der Waals surface area contributed by atoms with Gasteiger partial charge >= 0.3 is 6.18 Å². The Morgan fingerprint density at radius 3 is 2.67 bits per heavy atom. The van der Waals surface area contributed by atoms with Crippen LogP contribution in [0.1, 0.15) is 11.4 Å².